The second kappa shape index (κ2) is 4.31. The molecule has 0 amide bonds. The molecule has 0 spiro atoms. The molecule has 1 rings (SSSR count). The number of halogens is 4. The molecule has 16 heavy (non-hydrogen) atoms. The maximum atomic E-state index is 11.8. The van der Waals surface area contributed by atoms with Gasteiger partial charge in [-0.15, -0.1) is 13.2 Å². The molecule has 0 atom stereocenters. The Labute approximate surface area is 100 Å². The molecule has 0 aliphatic heterocycles. The van der Waals surface area contributed by atoms with E-state index in [-0.39, 0.29) is 3.57 Å². The third-order valence-electron chi connectivity index (χ3n) is 1.45. The number of ether oxygens (including phenoxy) is 1. The molecule has 0 bridgehead atoms. The van der Waals surface area contributed by atoms with Crippen LogP contribution in [0.15, 0.2) is 12.1 Å². The predicted molar refractivity (Wildman–Crippen MR) is 54.2 cm³/mol. The summed E-state index contributed by atoms with van der Waals surface area (Å²) in [6.07, 6.45) is -4.94. The number of nitro groups is 1. The Morgan fingerprint density at radius 1 is 1.44 bits per heavy atom. The van der Waals surface area contributed by atoms with E-state index in [0.717, 1.165) is 6.07 Å². The average molecular weight is 349 g/mol. The maximum Gasteiger partial charge on any atom is 0.573 e. The van der Waals surface area contributed by atoms with Crippen molar-refractivity contribution >= 4 is 28.3 Å². The summed E-state index contributed by atoms with van der Waals surface area (Å²) in [5, 5.41) is 19.6. The van der Waals surface area contributed by atoms with Gasteiger partial charge < -0.3 is 9.84 Å². The molecule has 0 saturated carbocycles. The fraction of sp³-hybridized carbons (Fsp3) is 0.143. The van der Waals surface area contributed by atoms with Gasteiger partial charge >= 0.3 is 12.0 Å². The maximum absolute atomic E-state index is 11.8. The Morgan fingerprint density at radius 3 is 2.44 bits per heavy atom. The van der Waals surface area contributed by atoms with Crippen LogP contribution in [-0.2, 0) is 0 Å². The van der Waals surface area contributed by atoms with E-state index >= 15 is 0 Å². The van der Waals surface area contributed by atoms with Gasteiger partial charge in [0.05, 0.1) is 14.6 Å². The first-order chi connectivity index (χ1) is 7.20. The normalized spacial score (nSPS) is 11.2. The van der Waals surface area contributed by atoms with E-state index in [9.17, 15) is 28.4 Å². The zero-order chi connectivity index (χ0) is 12.5. The van der Waals surface area contributed by atoms with Crippen LogP contribution in [0.25, 0.3) is 0 Å². The van der Waals surface area contributed by atoms with Crippen LogP contribution in [-0.4, -0.2) is 16.4 Å². The Morgan fingerprint density at radius 2 is 2.00 bits per heavy atom. The Bertz CT molecular complexity index is 434. The highest BCUT2D eigenvalue weighted by Gasteiger charge is 2.32. The van der Waals surface area contributed by atoms with Crippen molar-refractivity contribution in [3.8, 4) is 11.5 Å². The van der Waals surface area contributed by atoms with Crippen LogP contribution in [0.4, 0.5) is 18.9 Å². The quantitative estimate of drug-likeness (QED) is 0.506. The molecule has 1 N–H and O–H groups in total. The lowest BCUT2D eigenvalue weighted by Crippen LogP contribution is -2.17. The molecule has 0 aliphatic carbocycles. The molecular formula is C7H3F3INO4. The largest absolute Gasteiger partial charge is 0.573 e. The second-order valence-electron chi connectivity index (χ2n) is 2.58. The van der Waals surface area contributed by atoms with Crippen LogP contribution in [0.1, 0.15) is 0 Å². The summed E-state index contributed by atoms with van der Waals surface area (Å²) in [7, 11) is 0. The van der Waals surface area contributed by atoms with Gasteiger partial charge in [-0.3, -0.25) is 10.1 Å². The summed E-state index contributed by atoms with van der Waals surface area (Å²) in [6.45, 7) is 0. The van der Waals surface area contributed by atoms with E-state index < -0.39 is 28.5 Å². The Hall–Kier alpha value is -1.26. The fourth-order valence-corrected chi connectivity index (χ4v) is 1.48. The van der Waals surface area contributed by atoms with Crippen LogP contribution in [0.3, 0.4) is 0 Å². The molecule has 0 fully saturated rings. The number of phenols is 1. The number of rotatable bonds is 2. The van der Waals surface area contributed by atoms with E-state index in [1.54, 1.807) is 0 Å². The first-order valence-electron chi connectivity index (χ1n) is 3.63. The first-order valence-corrected chi connectivity index (χ1v) is 4.71. The summed E-state index contributed by atoms with van der Waals surface area (Å²) < 4.78 is 39.0. The SMILES string of the molecule is O=[N+]([O-])c1cc(OC(F)(F)F)cc(I)c1O. The Kier molecular flexibility index (Phi) is 3.45. The molecule has 88 valence electrons. The van der Waals surface area contributed by atoms with Crippen LogP contribution in [0.2, 0.25) is 0 Å². The number of hydrogen-bond acceptors (Lipinski definition) is 4. The topological polar surface area (TPSA) is 72.6 Å². The summed E-state index contributed by atoms with van der Waals surface area (Å²) in [5.74, 6) is -1.44. The number of aromatic hydroxyl groups is 1. The molecule has 1 aromatic rings. The molecule has 9 heteroatoms. The van der Waals surface area contributed by atoms with Crippen LogP contribution >= 0.6 is 22.6 Å². The Balaban J connectivity index is 3.19. The van der Waals surface area contributed by atoms with Crippen molar-refractivity contribution in [2.24, 2.45) is 0 Å². The monoisotopic (exact) mass is 349 g/mol. The predicted octanol–water partition coefficient (Wildman–Crippen LogP) is 2.80. The molecule has 0 saturated heterocycles. The van der Waals surface area contributed by atoms with Crippen molar-refractivity contribution in [3.63, 3.8) is 0 Å². The number of nitro benzene ring substituents is 1. The highest BCUT2D eigenvalue weighted by molar-refractivity contribution is 14.1. The lowest BCUT2D eigenvalue weighted by Gasteiger charge is -2.09. The van der Waals surface area contributed by atoms with Gasteiger partial charge in [0, 0.05) is 0 Å². The van der Waals surface area contributed by atoms with Crippen molar-refractivity contribution in [2.45, 2.75) is 6.36 Å². The van der Waals surface area contributed by atoms with Gasteiger partial charge in [0.1, 0.15) is 5.75 Å². The number of alkyl halides is 3. The average Bonchev–Trinajstić information content (AvgIpc) is 2.07. The van der Waals surface area contributed by atoms with E-state index in [2.05, 4.69) is 4.74 Å². The van der Waals surface area contributed by atoms with Gasteiger partial charge in [-0.05, 0) is 28.7 Å². The van der Waals surface area contributed by atoms with Crippen molar-refractivity contribution < 1.29 is 27.9 Å². The standard InChI is InChI=1S/C7H3F3INO4/c8-7(9,10)16-3-1-4(11)6(13)5(2-3)12(14)15/h1-2,13H. The summed E-state index contributed by atoms with van der Waals surface area (Å²) in [4.78, 5) is 9.40. The highest BCUT2D eigenvalue weighted by atomic mass is 127. The summed E-state index contributed by atoms with van der Waals surface area (Å²) >= 11 is 1.46. The molecule has 0 heterocycles. The smallest absolute Gasteiger partial charge is 0.501 e. The van der Waals surface area contributed by atoms with Gasteiger partial charge in [-0.2, -0.15) is 0 Å². The zero-order valence-electron chi connectivity index (χ0n) is 7.29. The molecule has 1 aromatic carbocycles. The van der Waals surface area contributed by atoms with Crippen LogP contribution in [0.5, 0.6) is 11.5 Å². The van der Waals surface area contributed by atoms with Crippen LogP contribution in [0, 0.1) is 13.7 Å². The van der Waals surface area contributed by atoms with Gasteiger partial charge in [-0.1, -0.05) is 0 Å². The minimum Gasteiger partial charge on any atom is -0.501 e. The van der Waals surface area contributed by atoms with E-state index in [0.29, 0.717) is 6.07 Å². The zero-order valence-corrected chi connectivity index (χ0v) is 9.44. The van der Waals surface area contributed by atoms with E-state index in [1.165, 1.54) is 22.6 Å². The molecule has 5 nitrogen and oxygen atoms in total. The third-order valence-corrected chi connectivity index (χ3v) is 2.27. The molecule has 0 aromatic heterocycles. The lowest BCUT2D eigenvalue weighted by atomic mass is 10.3. The van der Waals surface area contributed by atoms with Gasteiger partial charge in [0.15, 0.2) is 0 Å². The van der Waals surface area contributed by atoms with Crippen molar-refractivity contribution in [1.82, 2.24) is 0 Å². The molecule has 0 unspecified atom stereocenters. The minimum atomic E-state index is -4.94. The van der Waals surface area contributed by atoms with Gasteiger partial charge in [-0.25, -0.2) is 0 Å². The molecule has 0 aliphatic rings. The van der Waals surface area contributed by atoms with Crippen molar-refractivity contribution in [1.29, 1.82) is 0 Å². The number of hydrogen-bond donors (Lipinski definition) is 1. The number of benzene rings is 1. The fourth-order valence-electron chi connectivity index (χ4n) is 0.892. The van der Waals surface area contributed by atoms with Gasteiger partial charge in [0.25, 0.3) is 0 Å². The third kappa shape index (κ3) is 3.12. The first kappa shape index (κ1) is 12.8. The number of phenolic OH excluding ortho intramolecular Hbond substituents is 1. The second-order valence-corrected chi connectivity index (χ2v) is 3.74. The van der Waals surface area contributed by atoms with Crippen LogP contribution < -0.4 is 4.74 Å². The molecule has 0 radical (unpaired) electrons. The number of nitrogens with zero attached hydrogens (tertiary/aromatic N) is 1. The van der Waals surface area contributed by atoms with Crippen molar-refractivity contribution in [2.75, 3.05) is 0 Å². The summed E-state index contributed by atoms with van der Waals surface area (Å²) in [6, 6.07) is 1.35. The highest BCUT2D eigenvalue weighted by Crippen LogP contribution is 2.36. The molecular weight excluding hydrogens is 346 g/mol. The summed E-state index contributed by atoms with van der Waals surface area (Å²) in [5.41, 5.74) is -0.842. The van der Waals surface area contributed by atoms with E-state index in [1.807, 2.05) is 0 Å². The lowest BCUT2D eigenvalue weighted by molar-refractivity contribution is -0.386. The minimum absolute atomic E-state index is 0.106. The van der Waals surface area contributed by atoms with Gasteiger partial charge in [0.2, 0.25) is 5.75 Å². The van der Waals surface area contributed by atoms with Crippen molar-refractivity contribution in [3.05, 3.63) is 25.8 Å². The van der Waals surface area contributed by atoms with E-state index in [4.69, 9.17) is 0 Å².